The van der Waals surface area contributed by atoms with Crippen molar-refractivity contribution in [1.82, 2.24) is 0 Å². The number of hydrogen-bond acceptors (Lipinski definition) is 7. The molecule has 2 aromatic carbocycles. The molecular formula is C20H14O7. The van der Waals surface area contributed by atoms with Crippen LogP contribution in [0.2, 0.25) is 0 Å². The van der Waals surface area contributed by atoms with Crippen LogP contribution in [0.4, 0.5) is 0 Å². The Kier molecular flexibility index (Phi) is 3.54. The first-order chi connectivity index (χ1) is 13.2. The van der Waals surface area contributed by atoms with E-state index in [1.165, 1.54) is 6.26 Å². The van der Waals surface area contributed by atoms with Crippen LogP contribution in [-0.2, 0) is 6.61 Å². The molecule has 2 aliphatic rings. The van der Waals surface area contributed by atoms with E-state index in [2.05, 4.69) is 0 Å². The minimum Gasteiger partial charge on any atom is -0.463 e. The first-order valence-electron chi connectivity index (χ1n) is 8.30. The van der Waals surface area contributed by atoms with Crippen LogP contribution >= 0.6 is 0 Å². The minimum absolute atomic E-state index is 0.151. The molecule has 0 aliphatic carbocycles. The Hall–Kier alpha value is -3.45. The minimum atomic E-state index is -0.454. The average Bonchev–Trinajstić information content (AvgIpc) is 3.35. The summed E-state index contributed by atoms with van der Waals surface area (Å²) >= 11 is 0. The highest BCUT2D eigenvalue weighted by molar-refractivity contribution is 5.71. The summed E-state index contributed by atoms with van der Waals surface area (Å²) in [7, 11) is 0. The van der Waals surface area contributed by atoms with E-state index in [-0.39, 0.29) is 24.6 Å². The molecule has 0 radical (unpaired) electrons. The van der Waals surface area contributed by atoms with Crippen molar-refractivity contribution in [3.8, 4) is 45.4 Å². The van der Waals surface area contributed by atoms with E-state index in [1.54, 1.807) is 36.4 Å². The molecule has 0 saturated heterocycles. The van der Waals surface area contributed by atoms with Crippen molar-refractivity contribution in [2.75, 3.05) is 13.6 Å². The summed E-state index contributed by atoms with van der Waals surface area (Å²) < 4.78 is 27.1. The molecule has 0 bridgehead atoms. The standard InChI is InChI=1S/C20H14O7/c21-7-13-19(22)14(11-1-3-15-17(5-11)26-9-24-15)8-23-20(13)12-2-4-16-18(6-12)27-10-25-16/h1-6,8,21H,7,9-10H2. The van der Waals surface area contributed by atoms with E-state index in [0.717, 1.165) is 0 Å². The first-order valence-corrected chi connectivity index (χ1v) is 8.30. The molecule has 0 atom stereocenters. The summed E-state index contributed by atoms with van der Waals surface area (Å²) in [5.74, 6) is 2.69. The molecule has 3 heterocycles. The SMILES string of the molecule is O=c1c(-c2ccc3c(c2)OCO3)coc(-c2ccc3c(c2)OCO3)c1CO. The van der Waals surface area contributed by atoms with Crippen LogP contribution < -0.4 is 24.4 Å². The van der Waals surface area contributed by atoms with Crippen LogP contribution in [-0.4, -0.2) is 18.7 Å². The largest absolute Gasteiger partial charge is 0.463 e. The number of aliphatic hydroxyl groups excluding tert-OH is 1. The lowest BCUT2D eigenvalue weighted by Gasteiger charge is -2.09. The third-order valence-electron chi connectivity index (χ3n) is 4.56. The monoisotopic (exact) mass is 366 g/mol. The zero-order chi connectivity index (χ0) is 18.4. The number of fused-ring (bicyclic) bond motifs is 2. The molecule has 7 nitrogen and oxygen atoms in total. The van der Waals surface area contributed by atoms with Crippen LogP contribution in [0.5, 0.6) is 23.0 Å². The van der Waals surface area contributed by atoms with Crippen molar-refractivity contribution >= 4 is 0 Å². The van der Waals surface area contributed by atoms with E-state index >= 15 is 0 Å². The van der Waals surface area contributed by atoms with Gasteiger partial charge in [0.15, 0.2) is 28.4 Å². The topological polar surface area (TPSA) is 87.4 Å². The molecule has 2 aliphatic heterocycles. The molecule has 7 heteroatoms. The van der Waals surface area contributed by atoms with Gasteiger partial charge in [-0.15, -0.1) is 0 Å². The third-order valence-corrected chi connectivity index (χ3v) is 4.56. The van der Waals surface area contributed by atoms with Gasteiger partial charge in [-0.1, -0.05) is 6.07 Å². The predicted octanol–water partition coefficient (Wildman–Crippen LogP) is 2.92. The van der Waals surface area contributed by atoms with Crippen LogP contribution in [0, 0.1) is 0 Å². The maximum Gasteiger partial charge on any atom is 0.231 e. The highest BCUT2D eigenvalue weighted by Crippen LogP contribution is 2.38. The average molecular weight is 366 g/mol. The second-order valence-electron chi connectivity index (χ2n) is 6.08. The van der Waals surface area contributed by atoms with E-state index < -0.39 is 6.61 Å². The fourth-order valence-corrected chi connectivity index (χ4v) is 3.20. The summed E-state index contributed by atoms with van der Waals surface area (Å²) in [4.78, 5) is 13.0. The van der Waals surface area contributed by atoms with Gasteiger partial charge >= 0.3 is 0 Å². The molecule has 27 heavy (non-hydrogen) atoms. The van der Waals surface area contributed by atoms with Crippen molar-refractivity contribution in [2.24, 2.45) is 0 Å². The molecule has 3 aromatic rings. The molecule has 0 unspecified atom stereocenters. The van der Waals surface area contributed by atoms with E-state index in [4.69, 9.17) is 23.4 Å². The van der Waals surface area contributed by atoms with Crippen LogP contribution in [0.1, 0.15) is 5.56 Å². The Morgan fingerprint density at radius 1 is 0.815 bits per heavy atom. The van der Waals surface area contributed by atoms with Crippen molar-refractivity contribution in [3.05, 3.63) is 58.4 Å². The molecule has 0 amide bonds. The van der Waals surface area contributed by atoms with Gasteiger partial charge in [-0.25, -0.2) is 0 Å². The predicted molar refractivity (Wildman–Crippen MR) is 94.0 cm³/mol. The Bertz CT molecular complexity index is 1100. The smallest absolute Gasteiger partial charge is 0.231 e. The van der Waals surface area contributed by atoms with Crippen molar-refractivity contribution in [2.45, 2.75) is 6.61 Å². The summed E-state index contributed by atoms with van der Waals surface area (Å²) in [6, 6.07) is 10.4. The second kappa shape index (κ2) is 6.07. The van der Waals surface area contributed by atoms with Gasteiger partial charge in [-0.05, 0) is 35.9 Å². The first kappa shape index (κ1) is 15.8. The number of rotatable bonds is 3. The lowest BCUT2D eigenvalue weighted by Crippen LogP contribution is -2.13. The lowest BCUT2D eigenvalue weighted by atomic mass is 10.0. The lowest BCUT2D eigenvalue weighted by molar-refractivity contribution is 0.173. The molecule has 1 aromatic heterocycles. The quantitative estimate of drug-likeness (QED) is 0.762. The Labute approximate surface area is 153 Å². The van der Waals surface area contributed by atoms with Crippen LogP contribution in [0.15, 0.2) is 51.9 Å². The molecule has 0 spiro atoms. The Morgan fingerprint density at radius 2 is 1.41 bits per heavy atom. The van der Waals surface area contributed by atoms with Crippen LogP contribution in [0.3, 0.4) is 0 Å². The van der Waals surface area contributed by atoms with Gasteiger partial charge in [0.2, 0.25) is 13.6 Å². The summed E-state index contributed by atoms with van der Waals surface area (Å²) in [5.41, 5.74) is 1.44. The second-order valence-corrected chi connectivity index (χ2v) is 6.08. The Balaban J connectivity index is 1.61. The van der Waals surface area contributed by atoms with Crippen molar-refractivity contribution in [3.63, 3.8) is 0 Å². The summed E-state index contributed by atoms with van der Waals surface area (Å²) in [6.45, 7) is -0.151. The zero-order valence-electron chi connectivity index (χ0n) is 14.1. The van der Waals surface area contributed by atoms with Gasteiger partial charge in [-0.3, -0.25) is 4.79 Å². The number of benzene rings is 2. The maximum atomic E-state index is 13.0. The molecule has 0 fully saturated rings. The van der Waals surface area contributed by atoms with Gasteiger partial charge < -0.3 is 28.5 Å². The fraction of sp³-hybridized carbons (Fsp3) is 0.150. The van der Waals surface area contributed by atoms with Gasteiger partial charge in [0.05, 0.1) is 17.7 Å². The number of hydrogen-bond donors (Lipinski definition) is 1. The molecule has 136 valence electrons. The highest BCUT2D eigenvalue weighted by atomic mass is 16.7. The molecular weight excluding hydrogens is 352 g/mol. The Morgan fingerprint density at radius 3 is 2.07 bits per heavy atom. The number of aliphatic hydroxyl groups is 1. The third kappa shape index (κ3) is 2.51. The summed E-state index contributed by atoms with van der Waals surface area (Å²) in [5, 5.41) is 9.82. The number of ether oxygens (including phenoxy) is 4. The normalized spacial score (nSPS) is 13.8. The van der Waals surface area contributed by atoms with E-state index in [0.29, 0.717) is 45.4 Å². The fourth-order valence-electron chi connectivity index (χ4n) is 3.20. The molecule has 1 N–H and O–H groups in total. The van der Waals surface area contributed by atoms with Crippen LogP contribution in [0.25, 0.3) is 22.5 Å². The van der Waals surface area contributed by atoms with E-state index in [1.807, 2.05) is 0 Å². The summed E-state index contributed by atoms with van der Waals surface area (Å²) in [6.07, 6.45) is 1.39. The molecule has 5 rings (SSSR count). The van der Waals surface area contributed by atoms with Gasteiger partial charge in [-0.2, -0.15) is 0 Å². The molecule has 0 saturated carbocycles. The van der Waals surface area contributed by atoms with Gasteiger partial charge in [0.25, 0.3) is 0 Å². The van der Waals surface area contributed by atoms with Gasteiger partial charge in [0.1, 0.15) is 12.0 Å². The van der Waals surface area contributed by atoms with Gasteiger partial charge in [0, 0.05) is 5.56 Å². The highest BCUT2D eigenvalue weighted by Gasteiger charge is 2.21. The van der Waals surface area contributed by atoms with Crippen molar-refractivity contribution in [1.29, 1.82) is 0 Å². The van der Waals surface area contributed by atoms with Crippen molar-refractivity contribution < 1.29 is 28.5 Å². The maximum absolute atomic E-state index is 13.0. The zero-order valence-corrected chi connectivity index (χ0v) is 14.1. The van der Waals surface area contributed by atoms with E-state index in [9.17, 15) is 9.90 Å².